The van der Waals surface area contributed by atoms with Gasteiger partial charge in [-0.3, -0.25) is 4.79 Å². The molecule has 0 N–H and O–H groups in total. The zero-order valence-electron chi connectivity index (χ0n) is 8.58. The molecule has 1 heterocycles. The third kappa shape index (κ3) is 2.06. The molecule has 2 heteroatoms. The summed E-state index contributed by atoms with van der Waals surface area (Å²) < 4.78 is 5.67. The number of carbonyl (C=O) groups excluding carboxylic acids is 1. The molecule has 2 nitrogen and oxygen atoms in total. The van der Waals surface area contributed by atoms with Crippen LogP contribution in [0.5, 0.6) is 0 Å². The van der Waals surface area contributed by atoms with Crippen LogP contribution in [0.15, 0.2) is 10.5 Å². The van der Waals surface area contributed by atoms with E-state index in [4.69, 9.17) is 4.42 Å². The summed E-state index contributed by atoms with van der Waals surface area (Å²) >= 11 is 0. The third-order valence-corrected chi connectivity index (χ3v) is 2.68. The lowest BCUT2D eigenvalue weighted by atomic mass is 10.1. The Kier molecular flexibility index (Phi) is 2.71. The fourth-order valence-electron chi connectivity index (χ4n) is 1.73. The van der Waals surface area contributed by atoms with E-state index in [9.17, 15) is 4.79 Å². The summed E-state index contributed by atoms with van der Waals surface area (Å²) in [6, 6.07) is 1.91. The molecule has 0 bridgehead atoms. The van der Waals surface area contributed by atoms with Crippen molar-refractivity contribution in [1.29, 1.82) is 0 Å². The van der Waals surface area contributed by atoms with Crippen LogP contribution in [0.4, 0.5) is 0 Å². The van der Waals surface area contributed by atoms with Crippen molar-refractivity contribution in [3.8, 4) is 0 Å². The van der Waals surface area contributed by atoms with Gasteiger partial charge in [0.15, 0.2) is 6.29 Å². The average molecular weight is 192 g/mol. The van der Waals surface area contributed by atoms with Gasteiger partial charge in [0, 0.05) is 12.8 Å². The molecule has 0 amide bonds. The Morgan fingerprint density at radius 3 is 2.93 bits per heavy atom. The lowest BCUT2D eigenvalue weighted by Gasteiger charge is -1.94. The standard InChI is InChI=1S/C12H16O2/c1-2-3-12-10(8-13)7-11(14-12)6-9-4-5-9/h7-9H,2-6H2,1H3. The average Bonchev–Trinajstić information content (AvgIpc) is 2.89. The third-order valence-electron chi connectivity index (χ3n) is 2.68. The maximum atomic E-state index is 10.8. The van der Waals surface area contributed by atoms with Crippen molar-refractivity contribution in [3.63, 3.8) is 0 Å². The molecule has 1 aromatic heterocycles. The molecule has 14 heavy (non-hydrogen) atoms. The van der Waals surface area contributed by atoms with Crippen molar-refractivity contribution < 1.29 is 9.21 Å². The topological polar surface area (TPSA) is 30.2 Å². The highest BCUT2D eigenvalue weighted by Crippen LogP contribution is 2.33. The number of aryl methyl sites for hydroxylation is 1. The first-order valence-corrected chi connectivity index (χ1v) is 5.40. The van der Waals surface area contributed by atoms with Crippen LogP contribution in [0.25, 0.3) is 0 Å². The van der Waals surface area contributed by atoms with E-state index in [2.05, 4.69) is 6.92 Å². The zero-order valence-corrected chi connectivity index (χ0v) is 8.58. The fraction of sp³-hybridized carbons (Fsp3) is 0.583. The number of aldehydes is 1. The molecule has 1 aliphatic carbocycles. The van der Waals surface area contributed by atoms with E-state index in [0.29, 0.717) is 0 Å². The lowest BCUT2D eigenvalue weighted by Crippen LogP contribution is -1.84. The van der Waals surface area contributed by atoms with E-state index < -0.39 is 0 Å². The van der Waals surface area contributed by atoms with Gasteiger partial charge in [-0.05, 0) is 31.2 Å². The van der Waals surface area contributed by atoms with Crippen molar-refractivity contribution in [2.45, 2.75) is 39.0 Å². The molecule has 0 aromatic carbocycles. The van der Waals surface area contributed by atoms with Crippen LogP contribution in [0.1, 0.15) is 48.1 Å². The smallest absolute Gasteiger partial charge is 0.153 e. The van der Waals surface area contributed by atoms with Gasteiger partial charge < -0.3 is 4.42 Å². The summed E-state index contributed by atoms with van der Waals surface area (Å²) in [6.07, 6.45) is 6.46. The van der Waals surface area contributed by atoms with Gasteiger partial charge in [-0.25, -0.2) is 0 Å². The molecule has 0 atom stereocenters. The van der Waals surface area contributed by atoms with Gasteiger partial charge in [-0.1, -0.05) is 6.92 Å². The van der Waals surface area contributed by atoms with Crippen LogP contribution in [0, 0.1) is 5.92 Å². The first-order chi connectivity index (χ1) is 6.83. The fourth-order valence-corrected chi connectivity index (χ4v) is 1.73. The Bertz CT molecular complexity index is 321. The molecule has 0 unspecified atom stereocenters. The van der Waals surface area contributed by atoms with Crippen molar-refractivity contribution in [2.24, 2.45) is 5.92 Å². The van der Waals surface area contributed by atoms with Crippen LogP contribution in [0.3, 0.4) is 0 Å². The predicted octanol–water partition coefficient (Wildman–Crippen LogP) is 3.00. The van der Waals surface area contributed by atoms with Crippen molar-refractivity contribution >= 4 is 6.29 Å². The van der Waals surface area contributed by atoms with Gasteiger partial charge in [0.25, 0.3) is 0 Å². The van der Waals surface area contributed by atoms with E-state index in [-0.39, 0.29) is 0 Å². The molecule has 0 aliphatic heterocycles. The number of hydrogen-bond acceptors (Lipinski definition) is 2. The van der Waals surface area contributed by atoms with E-state index >= 15 is 0 Å². The summed E-state index contributed by atoms with van der Waals surface area (Å²) in [4.78, 5) is 10.8. The SMILES string of the molecule is CCCc1oc(CC2CC2)cc1C=O. The molecular formula is C12H16O2. The van der Waals surface area contributed by atoms with Gasteiger partial charge in [-0.2, -0.15) is 0 Å². The minimum Gasteiger partial charge on any atom is -0.465 e. The zero-order chi connectivity index (χ0) is 9.97. The number of furan rings is 1. The Morgan fingerprint density at radius 2 is 2.36 bits per heavy atom. The molecular weight excluding hydrogens is 176 g/mol. The molecule has 1 aliphatic rings. The van der Waals surface area contributed by atoms with E-state index in [0.717, 1.165) is 48.6 Å². The van der Waals surface area contributed by atoms with Crippen LogP contribution in [0.2, 0.25) is 0 Å². The minimum atomic E-state index is 0.752. The predicted molar refractivity (Wildman–Crippen MR) is 54.5 cm³/mol. The van der Waals surface area contributed by atoms with E-state index in [1.165, 1.54) is 12.8 Å². The molecule has 0 spiro atoms. The molecule has 2 rings (SSSR count). The summed E-state index contributed by atoms with van der Waals surface area (Å²) in [5, 5.41) is 0. The molecule has 1 aromatic rings. The van der Waals surface area contributed by atoms with E-state index in [1.807, 2.05) is 6.07 Å². The largest absolute Gasteiger partial charge is 0.465 e. The highest BCUT2D eigenvalue weighted by atomic mass is 16.3. The Labute approximate surface area is 84.3 Å². The first-order valence-electron chi connectivity index (χ1n) is 5.40. The van der Waals surface area contributed by atoms with Gasteiger partial charge in [0.05, 0.1) is 5.56 Å². The molecule has 0 saturated heterocycles. The molecule has 76 valence electrons. The summed E-state index contributed by atoms with van der Waals surface area (Å²) in [6.45, 7) is 2.09. The monoisotopic (exact) mass is 192 g/mol. The van der Waals surface area contributed by atoms with E-state index in [1.54, 1.807) is 0 Å². The number of rotatable bonds is 5. The van der Waals surface area contributed by atoms with Gasteiger partial charge in [-0.15, -0.1) is 0 Å². The maximum absolute atomic E-state index is 10.8. The van der Waals surface area contributed by atoms with Crippen molar-refractivity contribution in [3.05, 3.63) is 23.2 Å². The Balaban J connectivity index is 2.11. The normalized spacial score (nSPS) is 15.8. The second-order valence-corrected chi connectivity index (χ2v) is 4.11. The highest BCUT2D eigenvalue weighted by molar-refractivity contribution is 5.76. The van der Waals surface area contributed by atoms with Crippen molar-refractivity contribution in [1.82, 2.24) is 0 Å². The summed E-state index contributed by atoms with van der Waals surface area (Å²) in [7, 11) is 0. The highest BCUT2D eigenvalue weighted by Gasteiger charge is 2.23. The second kappa shape index (κ2) is 3.99. The molecule has 1 fully saturated rings. The van der Waals surface area contributed by atoms with Gasteiger partial charge in [0.1, 0.15) is 11.5 Å². The van der Waals surface area contributed by atoms with Gasteiger partial charge >= 0.3 is 0 Å². The lowest BCUT2D eigenvalue weighted by molar-refractivity contribution is 0.112. The second-order valence-electron chi connectivity index (χ2n) is 4.11. The minimum absolute atomic E-state index is 0.752. The van der Waals surface area contributed by atoms with Crippen LogP contribution < -0.4 is 0 Å². The first kappa shape index (κ1) is 9.50. The van der Waals surface area contributed by atoms with Crippen LogP contribution in [-0.2, 0) is 12.8 Å². The summed E-state index contributed by atoms with van der Waals surface area (Å²) in [5.74, 6) is 2.69. The van der Waals surface area contributed by atoms with Crippen molar-refractivity contribution in [2.75, 3.05) is 0 Å². The Hall–Kier alpha value is -1.05. The quantitative estimate of drug-likeness (QED) is 0.671. The number of carbonyl (C=O) groups is 1. The Morgan fingerprint density at radius 1 is 1.57 bits per heavy atom. The maximum Gasteiger partial charge on any atom is 0.153 e. The van der Waals surface area contributed by atoms with Gasteiger partial charge in [0.2, 0.25) is 0 Å². The molecule has 1 saturated carbocycles. The van der Waals surface area contributed by atoms with Crippen LogP contribution >= 0.6 is 0 Å². The number of hydrogen-bond donors (Lipinski definition) is 0. The molecule has 0 radical (unpaired) electrons. The summed E-state index contributed by atoms with van der Waals surface area (Å²) in [5.41, 5.74) is 0.752. The van der Waals surface area contributed by atoms with Crippen LogP contribution in [-0.4, -0.2) is 6.29 Å².